The molecule has 0 bridgehead atoms. The third-order valence-corrected chi connectivity index (χ3v) is 6.39. The smallest absolute Gasteiger partial charge is 0.227 e. The molecule has 1 fully saturated rings. The molecule has 2 aliphatic rings. The zero-order chi connectivity index (χ0) is 17.2. The second-order valence-electron chi connectivity index (χ2n) is 7.03. The van der Waals surface area contributed by atoms with Crippen molar-refractivity contribution in [1.29, 1.82) is 0 Å². The zero-order valence-corrected chi connectivity index (χ0v) is 15.0. The van der Waals surface area contributed by atoms with Gasteiger partial charge in [0, 0.05) is 17.5 Å². The predicted molar refractivity (Wildman–Crippen MR) is 96.6 cm³/mol. The van der Waals surface area contributed by atoms with E-state index in [0.717, 1.165) is 24.1 Å². The van der Waals surface area contributed by atoms with Crippen LogP contribution in [0.4, 0.5) is 5.69 Å². The highest BCUT2D eigenvalue weighted by Crippen LogP contribution is 2.30. The Labute approximate surface area is 144 Å². The molecule has 5 heteroatoms. The van der Waals surface area contributed by atoms with E-state index in [1.165, 1.54) is 24.7 Å². The normalized spacial score (nSPS) is 23.3. The Morgan fingerprint density at radius 1 is 1.12 bits per heavy atom. The molecule has 0 saturated heterocycles. The van der Waals surface area contributed by atoms with Crippen LogP contribution in [0.15, 0.2) is 35.7 Å². The maximum Gasteiger partial charge on any atom is 0.227 e. The molecule has 1 aromatic carbocycles. The Bertz CT molecular complexity index is 715. The molecule has 0 unspecified atom stereocenters. The van der Waals surface area contributed by atoms with Crippen molar-refractivity contribution in [2.75, 3.05) is 10.7 Å². The fraction of sp³-hybridized carbons (Fsp3) is 0.526. The summed E-state index contributed by atoms with van der Waals surface area (Å²) in [7, 11) is -3.20. The molecule has 24 heavy (non-hydrogen) atoms. The van der Waals surface area contributed by atoms with E-state index in [1.54, 1.807) is 11.0 Å². The number of rotatable bonds is 4. The number of anilines is 1. The monoisotopic (exact) mass is 347 g/mol. The minimum atomic E-state index is -3.20. The summed E-state index contributed by atoms with van der Waals surface area (Å²) in [4.78, 5) is 14.7. The standard InChI is InChI=1S/C19H25NO3S/c1-15-7-9-17(10-8-15)20(18-11-12-24(22,23)14-18)19(21)13-16-5-3-2-4-6-16/h7-12,16,18H,2-6,13-14H2,1H3/t18-/m0/s1. The number of hydrogen-bond acceptors (Lipinski definition) is 3. The number of sulfone groups is 1. The van der Waals surface area contributed by atoms with Crippen molar-refractivity contribution in [1.82, 2.24) is 0 Å². The van der Waals surface area contributed by atoms with Gasteiger partial charge in [0.05, 0.1) is 11.8 Å². The summed E-state index contributed by atoms with van der Waals surface area (Å²) in [5.74, 6) is 0.454. The molecule has 1 aliphatic heterocycles. The first-order valence-electron chi connectivity index (χ1n) is 8.74. The molecule has 130 valence electrons. The lowest BCUT2D eigenvalue weighted by Gasteiger charge is -2.30. The van der Waals surface area contributed by atoms with Crippen molar-refractivity contribution in [3.63, 3.8) is 0 Å². The number of carbonyl (C=O) groups is 1. The van der Waals surface area contributed by atoms with Crippen molar-refractivity contribution in [3.05, 3.63) is 41.3 Å². The van der Waals surface area contributed by atoms with Gasteiger partial charge in [-0.1, -0.05) is 37.0 Å². The number of amides is 1. The van der Waals surface area contributed by atoms with Crippen LogP contribution in [0.5, 0.6) is 0 Å². The number of nitrogens with zero attached hydrogens (tertiary/aromatic N) is 1. The number of aryl methyl sites for hydroxylation is 1. The third-order valence-electron chi connectivity index (χ3n) is 5.01. The van der Waals surface area contributed by atoms with Gasteiger partial charge < -0.3 is 4.90 Å². The predicted octanol–water partition coefficient (Wildman–Crippen LogP) is 3.61. The van der Waals surface area contributed by atoms with Gasteiger partial charge in [0.15, 0.2) is 9.84 Å². The summed E-state index contributed by atoms with van der Waals surface area (Å²) >= 11 is 0. The molecule has 1 saturated carbocycles. The average molecular weight is 347 g/mol. The molecule has 0 N–H and O–H groups in total. The summed E-state index contributed by atoms with van der Waals surface area (Å²) in [5.41, 5.74) is 1.90. The SMILES string of the molecule is Cc1ccc(N(C(=O)CC2CCCCC2)[C@H]2C=CS(=O)(=O)C2)cc1. The van der Waals surface area contributed by atoms with Crippen molar-refractivity contribution in [2.45, 2.75) is 51.5 Å². The van der Waals surface area contributed by atoms with Gasteiger partial charge in [-0.25, -0.2) is 8.42 Å². The Morgan fingerprint density at radius 2 is 1.79 bits per heavy atom. The highest BCUT2D eigenvalue weighted by atomic mass is 32.2. The molecule has 1 aliphatic carbocycles. The van der Waals surface area contributed by atoms with Gasteiger partial charge in [0.25, 0.3) is 0 Å². The van der Waals surface area contributed by atoms with Crippen molar-refractivity contribution < 1.29 is 13.2 Å². The van der Waals surface area contributed by atoms with Crippen LogP contribution in [0.2, 0.25) is 0 Å². The van der Waals surface area contributed by atoms with Crippen LogP contribution in [0, 0.1) is 12.8 Å². The van der Waals surface area contributed by atoms with E-state index in [0.29, 0.717) is 12.3 Å². The molecule has 3 rings (SSSR count). The first-order chi connectivity index (χ1) is 11.4. The van der Waals surface area contributed by atoms with Gasteiger partial charge in [-0.15, -0.1) is 0 Å². The third kappa shape index (κ3) is 4.07. The average Bonchev–Trinajstić information content (AvgIpc) is 2.90. The highest BCUT2D eigenvalue weighted by Gasteiger charge is 2.32. The quantitative estimate of drug-likeness (QED) is 0.836. The molecule has 0 aromatic heterocycles. The lowest BCUT2D eigenvalue weighted by atomic mass is 9.86. The van der Waals surface area contributed by atoms with Crippen LogP contribution in [0.25, 0.3) is 0 Å². The second kappa shape index (κ2) is 7.09. The minimum absolute atomic E-state index is 0.0166. The molecule has 1 atom stereocenters. The van der Waals surface area contributed by atoms with E-state index in [2.05, 4.69) is 0 Å². The topological polar surface area (TPSA) is 54.5 Å². The molecule has 1 heterocycles. The molecule has 0 spiro atoms. The summed E-state index contributed by atoms with van der Waals surface area (Å²) in [6.07, 6.45) is 8.02. The number of hydrogen-bond donors (Lipinski definition) is 0. The highest BCUT2D eigenvalue weighted by molar-refractivity contribution is 7.94. The summed E-state index contributed by atoms with van der Waals surface area (Å²) in [6, 6.07) is 7.35. The van der Waals surface area contributed by atoms with Gasteiger partial charge in [-0.2, -0.15) is 0 Å². The summed E-state index contributed by atoms with van der Waals surface area (Å²) < 4.78 is 23.6. The maximum atomic E-state index is 13.0. The first-order valence-corrected chi connectivity index (χ1v) is 10.5. The van der Waals surface area contributed by atoms with Crippen molar-refractivity contribution in [2.24, 2.45) is 5.92 Å². The van der Waals surface area contributed by atoms with Crippen LogP contribution >= 0.6 is 0 Å². The molecule has 1 aromatic rings. The maximum absolute atomic E-state index is 13.0. The van der Waals surface area contributed by atoms with Gasteiger partial charge in [0.2, 0.25) is 5.91 Å². The Hall–Kier alpha value is -1.62. The summed E-state index contributed by atoms with van der Waals surface area (Å²) in [6.45, 7) is 2.00. The Balaban J connectivity index is 1.82. The van der Waals surface area contributed by atoms with E-state index in [1.807, 2.05) is 31.2 Å². The van der Waals surface area contributed by atoms with Crippen LogP contribution in [0.1, 0.15) is 44.1 Å². The fourth-order valence-corrected chi connectivity index (χ4v) is 4.95. The van der Waals surface area contributed by atoms with E-state index in [-0.39, 0.29) is 11.7 Å². The second-order valence-corrected chi connectivity index (χ2v) is 8.96. The molecule has 4 nitrogen and oxygen atoms in total. The summed E-state index contributed by atoms with van der Waals surface area (Å²) in [5, 5.41) is 1.24. The molecule has 1 amide bonds. The lowest BCUT2D eigenvalue weighted by molar-refractivity contribution is -0.120. The van der Waals surface area contributed by atoms with Crippen LogP contribution in [-0.2, 0) is 14.6 Å². The Morgan fingerprint density at radius 3 is 2.38 bits per heavy atom. The number of benzene rings is 1. The first kappa shape index (κ1) is 17.2. The molecular weight excluding hydrogens is 322 g/mol. The van der Waals surface area contributed by atoms with Gasteiger partial charge >= 0.3 is 0 Å². The van der Waals surface area contributed by atoms with Gasteiger partial charge in [0.1, 0.15) is 0 Å². The molecular formula is C19H25NO3S. The van der Waals surface area contributed by atoms with Crippen LogP contribution < -0.4 is 4.90 Å². The van der Waals surface area contributed by atoms with E-state index < -0.39 is 15.9 Å². The minimum Gasteiger partial charge on any atom is -0.304 e. The van der Waals surface area contributed by atoms with E-state index in [9.17, 15) is 13.2 Å². The molecule has 0 radical (unpaired) electrons. The fourth-order valence-electron chi connectivity index (χ4n) is 3.68. The van der Waals surface area contributed by atoms with Crippen molar-refractivity contribution in [3.8, 4) is 0 Å². The largest absolute Gasteiger partial charge is 0.304 e. The van der Waals surface area contributed by atoms with Gasteiger partial charge in [-0.05, 0) is 43.9 Å². The Kier molecular flexibility index (Phi) is 5.09. The zero-order valence-electron chi connectivity index (χ0n) is 14.1. The van der Waals surface area contributed by atoms with Crippen LogP contribution in [0.3, 0.4) is 0 Å². The lowest BCUT2D eigenvalue weighted by Crippen LogP contribution is -2.42. The van der Waals surface area contributed by atoms with E-state index in [4.69, 9.17) is 0 Å². The van der Waals surface area contributed by atoms with Crippen LogP contribution in [-0.4, -0.2) is 26.1 Å². The number of carbonyl (C=O) groups excluding carboxylic acids is 1. The van der Waals surface area contributed by atoms with Crippen molar-refractivity contribution >= 4 is 21.4 Å². The van der Waals surface area contributed by atoms with Gasteiger partial charge in [-0.3, -0.25) is 4.79 Å². The van der Waals surface area contributed by atoms with E-state index >= 15 is 0 Å².